The standard InChI is InChI=1S/C12H10BrClFN3/c13-7-1-4-10(15)9(5-7)12-17-16-11(6-14)18(12)8-2-3-8/h1,4-5,8H,2-3,6H2. The molecule has 1 aromatic heterocycles. The summed E-state index contributed by atoms with van der Waals surface area (Å²) in [6.45, 7) is 0. The first-order chi connectivity index (χ1) is 8.70. The van der Waals surface area contributed by atoms with Crippen molar-refractivity contribution in [1.29, 1.82) is 0 Å². The molecule has 0 radical (unpaired) electrons. The maximum absolute atomic E-state index is 13.9. The summed E-state index contributed by atoms with van der Waals surface area (Å²) < 4.78 is 16.7. The van der Waals surface area contributed by atoms with Gasteiger partial charge in [-0.05, 0) is 31.0 Å². The predicted molar refractivity (Wildman–Crippen MR) is 70.9 cm³/mol. The van der Waals surface area contributed by atoms with E-state index in [2.05, 4.69) is 26.1 Å². The highest BCUT2D eigenvalue weighted by Gasteiger charge is 2.30. The lowest BCUT2D eigenvalue weighted by Crippen LogP contribution is -2.02. The Kier molecular flexibility index (Phi) is 3.11. The van der Waals surface area contributed by atoms with Gasteiger partial charge in [0.05, 0.1) is 11.4 Å². The Balaban J connectivity index is 2.16. The maximum atomic E-state index is 13.9. The number of nitrogens with zero attached hydrogens (tertiary/aromatic N) is 3. The number of hydrogen-bond acceptors (Lipinski definition) is 2. The van der Waals surface area contributed by atoms with Crippen LogP contribution in [0.25, 0.3) is 11.4 Å². The maximum Gasteiger partial charge on any atom is 0.167 e. The van der Waals surface area contributed by atoms with Gasteiger partial charge in [0, 0.05) is 10.5 Å². The molecule has 1 aliphatic carbocycles. The van der Waals surface area contributed by atoms with Crippen molar-refractivity contribution in [1.82, 2.24) is 14.8 Å². The molecule has 0 atom stereocenters. The van der Waals surface area contributed by atoms with E-state index in [4.69, 9.17) is 11.6 Å². The molecule has 1 aromatic carbocycles. The first-order valence-electron chi connectivity index (χ1n) is 5.66. The van der Waals surface area contributed by atoms with E-state index in [1.165, 1.54) is 6.07 Å². The average molecular weight is 331 g/mol. The lowest BCUT2D eigenvalue weighted by molar-refractivity contribution is 0.625. The summed E-state index contributed by atoms with van der Waals surface area (Å²) in [6.07, 6.45) is 2.15. The second-order valence-electron chi connectivity index (χ2n) is 4.30. The number of benzene rings is 1. The normalized spacial score (nSPS) is 15.1. The molecule has 0 spiro atoms. The second-order valence-corrected chi connectivity index (χ2v) is 5.48. The van der Waals surface area contributed by atoms with Gasteiger partial charge in [0.1, 0.15) is 11.6 Å². The zero-order chi connectivity index (χ0) is 12.7. The molecule has 1 saturated carbocycles. The van der Waals surface area contributed by atoms with Gasteiger partial charge in [-0.1, -0.05) is 15.9 Å². The monoisotopic (exact) mass is 329 g/mol. The van der Waals surface area contributed by atoms with Gasteiger partial charge in [0.2, 0.25) is 0 Å². The molecule has 0 N–H and O–H groups in total. The van der Waals surface area contributed by atoms with Crippen molar-refractivity contribution in [3.05, 3.63) is 34.3 Å². The Bertz CT molecular complexity index is 595. The van der Waals surface area contributed by atoms with Crippen LogP contribution in [0.4, 0.5) is 4.39 Å². The SMILES string of the molecule is Fc1ccc(Br)cc1-c1nnc(CCl)n1C1CC1. The van der Waals surface area contributed by atoms with E-state index in [9.17, 15) is 4.39 Å². The molecule has 3 nitrogen and oxygen atoms in total. The van der Waals surface area contributed by atoms with Crippen LogP contribution < -0.4 is 0 Å². The van der Waals surface area contributed by atoms with Crippen LogP contribution in [0.5, 0.6) is 0 Å². The smallest absolute Gasteiger partial charge is 0.167 e. The van der Waals surface area contributed by atoms with Crippen molar-refractivity contribution in [3.63, 3.8) is 0 Å². The fraction of sp³-hybridized carbons (Fsp3) is 0.333. The van der Waals surface area contributed by atoms with E-state index < -0.39 is 0 Å². The molecule has 0 bridgehead atoms. The van der Waals surface area contributed by atoms with Gasteiger partial charge in [0.25, 0.3) is 0 Å². The molecule has 18 heavy (non-hydrogen) atoms. The average Bonchev–Trinajstić information content (AvgIpc) is 3.12. The molecule has 1 heterocycles. The minimum atomic E-state index is -0.298. The largest absolute Gasteiger partial charge is 0.307 e. The number of alkyl halides is 1. The molecule has 0 saturated heterocycles. The highest BCUT2D eigenvalue weighted by molar-refractivity contribution is 9.10. The minimum Gasteiger partial charge on any atom is -0.307 e. The van der Waals surface area contributed by atoms with Crippen molar-refractivity contribution < 1.29 is 4.39 Å². The van der Waals surface area contributed by atoms with Crippen molar-refractivity contribution >= 4 is 27.5 Å². The molecule has 2 aromatic rings. The summed E-state index contributed by atoms with van der Waals surface area (Å²) in [5, 5.41) is 8.13. The Morgan fingerprint density at radius 2 is 2.17 bits per heavy atom. The van der Waals surface area contributed by atoms with Crippen molar-refractivity contribution in [3.8, 4) is 11.4 Å². The lowest BCUT2D eigenvalue weighted by atomic mass is 10.2. The van der Waals surface area contributed by atoms with E-state index in [1.807, 2.05) is 4.57 Å². The van der Waals surface area contributed by atoms with Crippen LogP contribution in [0.3, 0.4) is 0 Å². The lowest BCUT2D eigenvalue weighted by Gasteiger charge is -2.08. The van der Waals surface area contributed by atoms with Crippen LogP contribution >= 0.6 is 27.5 Å². The topological polar surface area (TPSA) is 30.7 Å². The van der Waals surface area contributed by atoms with Gasteiger partial charge in [-0.2, -0.15) is 0 Å². The Hall–Kier alpha value is -0.940. The molecule has 0 aliphatic heterocycles. The van der Waals surface area contributed by atoms with E-state index in [0.717, 1.165) is 17.3 Å². The zero-order valence-electron chi connectivity index (χ0n) is 9.41. The number of rotatable bonds is 3. The third kappa shape index (κ3) is 2.06. The number of aromatic nitrogens is 3. The first kappa shape index (κ1) is 12.1. The molecule has 6 heteroatoms. The van der Waals surface area contributed by atoms with Crippen LogP contribution in [0.15, 0.2) is 22.7 Å². The van der Waals surface area contributed by atoms with E-state index >= 15 is 0 Å². The Morgan fingerprint density at radius 1 is 1.39 bits per heavy atom. The second kappa shape index (κ2) is 4.63. The van der Waals surface area contributed by atoms with Gasteiger partial charge in [0.15, 0.2) is 5.82 Å². The molecular weight excluding hydrogens is 321 g/mol. The van der Waals surface area contributed by atoms with Crippen LogP contribution in [0.1, 0.15) is 24.7 Å². The number of hydrogen-bond donors (Lipinski definition) is 0. The van der Waals surface area contributed by atoms with E-state index in [0.29, 0.717) is 29.1 Å². The van der Waals surface area contributed by atoms with E-state index in [1.54, 1.807) is 12.1 Å². The van der Waals surface area contributed by atoms with Gasteiger partial charge >= 0.3 is 0 Å². The minimum absolute atomic E-state index is 0.291. The fourth-order valence-corrected chi connectivity index (χ4v) is 2.53. The highest BCUT2D eigenvalue weighted by Crippen LogP contribution is 2.39. The van der Waals surface area contributed by atoms with Gasteiger partial charge in [-0.3, -0.25) is 0 Å². The molecule has 3 rings (SSSR count). The Morgan fingerprint density at radius 3 is 2.83 bits per heavy atom. The van der Waals surface area contributed by atoms with Gasteiger partial charge in [-0.25, -0.2) is 4.39 Å². The fourth-order valence-electron chi connectivity index (χ4n) is 1.98. The molecule has 94 valence electrons. The van der Waals surface area contributed by atoms with Crippen molar-refractivity contribution in [2.45, 2.75) is 24.8 Å². The molecule has 1 aliphatic rings. The molecular formula is C12H10BrClFN3. The van der Waals surface area contributed by atoms with Gasteiger partial charge in [-0.15, -0.1) is 21.8 Å². The molecule has 1 fully saturated rings. The number of halogens is 3. The highest BCUT2D eigenvalue weighted by atomic mass is 79.9. The summed E-state index contributed by atoms with van der Waals surface area (Å²) >= 11 is 9.19. The van der Waals surface area contributed by atoms with Crippen LogP contribution in [-0.2, 0) is 5.88 Å². The van der Waals surface area contributed by atoms with Crippen LogP contribution in [0, 0.1) is 5.82 Å². The summed E-state index contributed by atoms with van der Waals surface area (Å²) in [5.74, 6) is 1.26. The summed E-state index contributed by atoms with van der Waals surface area (Å²) in [6, 6.07) is 5.17. The summed E-state index contributed by atoms with van der Waals surface area (Å²) in [5.41, 5.74) is 0.458. The summed E-state index contributed by atoms with van der Waals surface area (Å²) in [7, 11) is 0. The van der Waals surface area contributed by atoms with E-state index in [-0.39, 0.29) is 5.82 Å². The Labute approximate surface area is 117 Å². The zero-order valence-corrected chi connectivity index (χ0v) is 11.7. The molecule has 0 unspecified atom stereocenters. The van der Waals surface area contributed by atoms with Crippen LogP contribution in [0.2, 0.25) is 0 Å². The quantitative estimate of drug-likeness (QED) is 0.799. The predicted octanol–water partition coefficient (Wildman–Crippen LogP) is 3.92. The van der Waals surface area contributed by atoms with Crippen molar-refractivity contribution in [2.75, 3.05) is 0 Å². The first-order valence-corrected chi connectivity index (χ1v) is 6.98. The molecule has 0 amide bonds. The third-order valence-corrected chi connectivity index (χ3v) is 3.70. The van der Waals surface area contributed by atoms with Crippen molar-refractivity contribution in [2.24, 2.45) is 0 Å². The van der Waals surface area contributed by atoms with Crippen LogP contribution in [-0.4, -0.2) is 14.8 Å². The third-order valence-electron chi connectivity index (χ3n) is 2.97. The van der Waals surface area contributed by atoms with Gasteiger partial charge < -0.3 is 4.57 Å². The summed E-state index contributed by atoms with van der Waals surface area (Å²) in [4.78, 5) is 0.